The van der Waals surface area contributed by atoms with E-state index >= 15 is 0 Å². The Labute approximate surface area is 110 Å². The maximum Gasteiger partial charge on any atom is 0.125 e. The zero-order chi connectivity index (χ0) is 12.4. The molecule has 3 rings (SSSR count). The Morgan fingerprint density at radius 3 is 2.67 bits per heavy atom. The van der Waals surface area contributed by atoms with Gasteiger partial charge in [0.05, 0.1) is 5.69 Å². The average Bonchev–Trinajstić information content (AvgIpc) is 2.90. The van der Waals surface area contributed by atoms with E-state index in [0.29, 0.717) is 0 Å². The van der Waals surface area contributed by atoms with Gasteiger partial charge in [0, 0.05) is 28.9 Å². The molecule has 0 saturated carbocycles. The van der Waals surface area contributed by atoms with Crippen LogP contribution in [0.1, 0.15) is 5.56 Å². The van der Waals surface area contributed by atoms with Gasteiger partial charge in [0.15, 0.2) is 0 Å². The number of aromatic nitrogens is 2. The third-order valence-electron chi connectivity index (χ3n) is 2.84. The number of pyridine rings is 1. The molecule has 0 atom stereocenters. The molecule has 0 fully saturated rings. The van der Waals surface area contributed by atoms with E-state index in [1.807, 2.05) is 36.7 Å². The molecule has 0 aliphatic rings. The zero-order valence-corrected chi connectivity index (χ0v) is 10.8. The van der Waals surface area contributed by atoms with E-state index < -0.39 is 0 Å². The highest BCUT2D eigenvalue weighted by Crippen LogP contribution is 2.29. The number of hydrogen-bond acceptors (Lipinski definition) is 3. The summed E-state index contributed by atoms with van der Waals surface area (Å²) in [6.45, 7) is 2.08. The van der Waals surface area contributed by atoms with Gasteiger partial charge in [0.2, 0.25) is 0 Å². The van der Waals surface area contributed by atoms with Crippen LogP contribution in [0.25, 0.3) is 21.8 Å². The highest BCUT2D eigenvalue weighted by atomic mass is 32.1. The Morgan fingerprint density at radius 2 is 1.89 bits per heavy atom. The number of nitrogens with zero attached hydrogens (tertiary/aromatic N) is 2. The molecule has 0 N–H and O–H groups in total. The predicted molar refractivity (Wildman–Crippen MR) is 75.5 cm³/mol. The van der Waals surface area contributed by atoms with Crippen LogP contribution in [0.3, 0.4) is 0 Å². The second kappa shape index (κ2) is 4.70. The van der Waals surface area contributed by atoms with Gasteiger partial charge in [-0.1, -0.05) is 30.3 Å². The van der Waals surface area contributed by atoms with Crippen molar-refractivity contribution in [1.82, 2.24) is 9.97 Å². The average molecular weight is 252 g/mol. The van der Waals surface area contributed by atoms with Crippen molar-refractivity contribution in [3.8, 4) is 21.8 Å². The van der Waals surface area contributed by atoms with Crippen LogP contribution < -0.4 is 0 Å². The summed E-state index contributed by atoms with van der Waals surface area (Å²) in [5, 5.41) is 3.12. The van der Waals surface area contributed by atoms with Crippen LogP contribution in [-0.4, -0.2) is 9.97 Å². The van der Waals surface area contributed by atoms with Gasteiger partial charge in [-0.3, -0.25) is 4.98 Å². The summed E-state index contributed by atoms with van der Waals surface area (Å²) < 4.78 is 0. The third kappa shape index (κ3) is 2.05. The fraction of sp³-hybridized carbons (Fsp3) is 0.0667. The molecule has 0 amide bonds. The molecule has 0 aliphatic carbocycles. The first-order valence-electron chi connectivity index (χ1n) is 5.76. The van der Waals surface area contributed by atoms with Gasteiger partial charge < -0.3 is 0 Å². The Bertz CT molecular complexity index is 659. The fourth-order valence-electron chi connectivity index (χ4n) is 1.83. The molecular formula is C15H12N2S. The van der Waals surface area contributed by atoms with Crippen LogP contribution >= 0.6 is 11.3 Å². The number of thiazole rings is 1. The van der Waals surface area contributed by atoms with Crippen LogP contribution in [0.5, 0.6) is 0 Å². The minimum atomic E-state index is 1.03. The largest absolute Gasteiger partial charge is 0.264 e. The Kier molecular flexibility index (Phi) is 2.90. The first-order valence-corrected chi connectivity index (χ1v) is 6.64. The summed E-state index contributed by atoms with van der Waals surface area (Å²) in [6, 6.07) is 12.2. The summed E-state index contributed by atoms with van der Waals surface area (Å²) in [5.74, 6) is 0. The molecule has 18 heavy (non-hydrogen) atoms. The van der Waals surface area contributed by atoms with E-state index in [0.717, 1.165) is 21.8 Å². The molecule has 3 heteroatoms. The standard InChI is InChI=1S/C15H12N2S/c1-11-7-8-16-9-13(11)15-17-14(10-18-15)12-5-3-2-4-6-12/h2-10H,1H3. The van der Waals surface area contributed by atoms with Crippen LogP contribution in [0.2, 0.25) is 0 Å². The van der Waals surface area contributed by atoms with Gasteiger partial charge >= 0.3 is 0 Å². The van der Waals surface area contributed by atoms with Crippen molar-refractivity contribution in [3.63, 3.8) is 0 Å². The SMILES string of the molecule is Cc1ccncc1-c1nc(-c2ccccc2)cs1. The van der Waals surface area contributed by atoms with Crippen molar-refractivity contribution in [2.45, 2.75) is 6.92 Å². The van der Waals surface area contributed by atoms with Crippen molar-refractivity contribution < 1.29 is 0 Å². The molecule has 0 aliphatic heterocycles. The first kappa shape index (κ1) is 11.1. The monoisotopic (exact) mass is 252 g/mol. The smallest absolute Gasteiger partial charge is 0.125 e. The third-order valence-corrected chi connectivity index (χ3v) is 3.72. The van der Waals surface area contributed by atoms with Gasteiger partial charge in [0.1, 0.15) is 5.01 Å². The number of rotatable bonds is 2. The molecule has 0 saturated heterocycles. The number of benzene rings is 1. The molecule has 2 aromatic heterocycles. The molecule has 0 bridgehead atoms. The molecular weight excluding hydrogens is 240 g/mol. The van der Waals surface area contributed by atoms with E-state index in [1.54, 1.807) is 11.3 Å². The van der Waals surface area contributed by atoms with Crippen LogP contribution in [0.15, 0.2) is 54.2 Å². The quantitative estimate of drug-likeness (QED) is 0.683. The van der Waals surface area contributed by atoms with Crippen molar-refractivity contribution in [3.05, 3.63) is 59.7 Å². The minimum Gasteiger partial charge on any atom is -0.264 e. The topological polar surface area (TPSA) is 25.8 Å². The van der Waals surface area contributed by atoms with Crippen molar-refractivity contribution >= 4 is 11.3 Å². The normalized spacial score (nSPS) is 10.5. The van der Waals surface area contributed by atoms with E-state index in [2.05, 4.69) is 29.4 Å². The van der Waals surface area contributed by atoms with Crippen LogP contribution in [-0.2, 0) is 0 Å². The molecule has 88 valence electrons. The molecule has 2 heterocycles. The second-order valence-corrected chi connectivity index (χ2v) is 4.95. The van der Waals surface area contributed by atoms with Crippen LogP contribution in [0, 0.1) is 6.92 Å². The van der Waals surface area contributed by atoms with Crippen molar-refractivity contribution in [2.75, 3.05) is 0 Å². The van der Waals surface area contributed by atoms with Crippen molar-refractivity contribution in [2.24, 2.45) is 0 Å². The second-order valence-electron chi connectivity index (χ2n) is 4.09. The lowest BCUT2D eigenvalue weighted by Crippen LogP contribution is -1.84. The summed E-state index contributed by atoms with van der Waals surface area (Å²) in [6.07, 6.45) is 3.69. The van der Waals surface area contributed by atoms with Crippen molar-refractivity contribution in [1.29, 1.82) is 0 Å². The van der Waals surface area contributed by atoms with Gasteiger partial charge in [-0.2, -0.15) is 0 Å². The van der Waals surface area contributed by atoms with E-state index in [4.69, 9.17) is 4.98 Å². The Morgan fingerprint density at radius 1 is 1.06 bits per heavy atom. The molecule has 0 radical (unpaired) electrons. The van der Waals surface area contributed by atoms with Gasteiger partial charge in [-0.05, 0) is 18.6 Å². The summed E-state index contributed by atoms with van der Waals surface area (Å²) >= 11 is 1.66. The zero-order valence-electron chi connectivity index (χ0n) is 10.00. The molecule has 3 aromatic rings. The maximum absolute atomic E-state index is 4.69. The maximum atomic E-state index is 4.69. The molecule has 1 aromatic carbocycles. The van der Waals surface area contributed by atoms with E-state index in [1.165, 1.54) is 5.56 Å². The predicted octanol–water partition coefficient (Wildman–Crippen LogP) is 4.18. The minimum absolute atomic E-state index is 1.03. The summed E-state index contributed by atoms with van der Waals surface area (Å²) in [7, 11) is 0. The van der Waals surface area contributed by atoms with Gasteiger partial charge in [-0.25, -0.2) is 4.98 Å². The van der Waals surface area contributed by atoms with E-state index in [-0.39, 0.29) is 0 Å². The molecule has 0 unspecified atom stereocenters. The lowest BCUT2D eigenvalue weighted by Gasteiger charge is -1.99. The Balaban J connectivity index is 2.03. The van der Waals surface area contributed by atoms with Gasteiger partial charge in [-0.15, -0.1) is 11.3 Å². The highest BCUT2D eigenvalue weighted by Gasteiger charge is 2.08. The molecule has 2 nitrogen and oxygen atoms in total. The lowest BCUT2D eigenvalue weighted by atomic mass is 10.1. The first-order chi connectivity index (χ1) is 8.84. The molecule has 0 spiro atoms. The van der Waals surface area contributed by atoms with Crippen LogP contribution in [0.4, 0.5) is 0 Å². The Hall–Kier alpha value is -2.00. The number of aryl methyl sites for hydroxylation is 1. The lowest BCUT2D eigenvalue weighted by molar-refractivity contribution is 1.27. The number of hydrogen-bond donors (Lipinski definition) is 0. The highest BCUT2D eigenvalue weighted by molar-refractivity contribution is 7.13. The summed E-state index contributed by atoms with van der Waals surface area (Å²) in [4.78, 5) is 8.86. The van der Waals surface area contributed by atoms with Gasteiger partial charge in [0.25, 0.3) is 0 Å². The fourth-order valence-corrected chi connectivity index (χ4v) is 2.73. The van der Waals surface area contributed by atoms with E-state index in [9.17, 15) is 0 Å². The summed E-state index contributed by atoms with van der Waals surface area (Å²) in [5.41, 5.74) is 4.50.